The number of furan rings is 1. The van der Waals surface area contributed by atoms with Crippen LogP contribution in [-0.2, 0) is 20.9 Å². The molecule has 0 atom stereocenters. The molecule has 2 aromatic rings. The fourth-order valence-electron chi connectivity index (χ4n) is 1.97. The fourth-order valence-corrected chi connectivity index (χ4v) is 1.97. The number of carbonyl (C=O) groups excluding carboxylic acids is 3. The molecule has 0 saturated heterocycles. The quantitative estimate of drug-likeness (QED) is 0.594. The van der Waals surface area contributed by atoms with E-state index in [4.69, 9.17) is 9.15 Å². The number of carbonyl (C=O) groups is 3. The molecule has 0 bridgehead atoms. The molecule has 0 saturated carbocycles. The summed E-state index contributed by atoms with van der Waals surface area (Å²) in [7, 11) is 0. The van der Waals surface area contributed by atoms with E-state index in [1.54, 1.807) is 43.3 Å². The molecular weight excluding hydrogens is 324 g/mol. The summed E-state index contributed by atoms with van der Waals surface area (Å²) < 4.78 is 9.84. The van der Waals surface area contributed by atoms with E-state index in [9.17, 15) is 14.4 Å². The molecule has 2 rings (SSSR count). The van der Waals surface area contributed by atoms with Crippen molar-refractivity contribution in [1.82, 2.24) is 5.32 Å². The van der Waals surface area contributed by atoms with Crippen LogP contribution in [0.3, 0.4) is 0 Å². The number of benzene rings is 1. The predicted molar refractivity (Wildman–Crippen MR) is 90.7 cm³/mol. The monoisotopic (exact) mass is 342 g/mol. The van der Waals surface area contributed by atoms with Gasteiger partial charge >= 0.3 is 5.97 Å². The summed E-state index contributed by atoms with van der Waals surface area (Å²) in [5.41, 5.74) is 0.630. The highest BCUT2D eigenvalue weighted by atomic mass is 16.5. The van der Waals surface area contributed by atoms with Crippen LogP contribution < -0.4 is 10.6 Å². The van der Waals surface area contributed by atoms with Crippen molar-refractivity contribution in [3.8, 4) is 0 Å². The standard InChI is InChI=1S/C18H18N2O5/c1-2-24-17(22)10-9-16(21)20-15-8-4-3-7-14(15)18(23)19-12-13-6-5-11-25-13/h3-11H,2,12H2,1H3,(H,19,23)(H,20,21). The summed E-state index contributed by atoms with van der Waals surface area (Å²) >= 11 is 0. The van der Waals surface area contributed by atoms with Gasteiger partial charge in [0.05, 0.1) is 30.7 Å². The second kappa shape index (κ2) is 9.07. The molecule has 0 unspecified atom stereocenters. The molecule has 0 fully saturated rings. The lowest BCUT2D eigenvalue weighted by atomic mass is 10.1. The molecule has 0 spiro atoms. The first kappa shape index (κ1) is 18.0. The van der Waals surface area contributed by atoms with Gasteiger partial charge in [0.2, 0.25) is 5.91 Å². The maximum absolute atomic E-state index is 12.3. The normalized spacial score (nSPS) is 10.4. The molecule has 2 amide bonds. The Balaban J connectivity index is 2.00. The van der Waals surface area contributed by atoms with Gasteiger partial charge in [-0.1, -0.05) is 12.1 Å². The van der Waals surface area contributed by atoms with Crippen LogP contribution >= 0.6 is 0 Å². The molecule has 1 heterocycles. The third kappa shape index (κ3) is 5.65. The molecule has 130 valence electrons. The van der Waals surface area contributed by atoms with Crippen LogP contribution in [0, 0.1) is 0 Å². The summed E-state index contributed by atoms with van der Waals surface area (Å²) in [6.45, 7) is 2.13. The highest BCUT2D eigenvalue weighted by molar-refractivity contribution is 6.07. The summed E-state index contributed by atoms with van der Waals surface area (Å²) in [6.07, 6.45) is 3.60. The number of nitrogens with one attached hydrogen (secondary N) is 2. The second-order valence-electron chi connectivity index (χ2n) is 4.88. The minimum absolute atomic E-state index is 0.226. The van der Waals surface area contributed by atoms with Gasteiger partial charge in [-0.25, -0.2) is 4.79 Å². The molecule has 1 aromatic heterocycles. The van der Waals surface area contributed by atoms with Crippen molar-refractivity contribution in [2.24, 2.45) is 0 Å². The van der Waals surface area contributed by atoms with E-state index in [0.29, 0.717) is 17.0 Å². The summed E-state index contributed by atoms with van der Waals surface area (Å²) in [5, 5.41) is 5.27. The fraction of sp³-hybridized carbons (Fsp3) is 0.167. The van der Waals surface area contributed by atoms with Crippen molar-refractivity contribution < 1.29 is 23.5 Å². The Kier molecular flexibility index (Phi) is 6.53. The minimum Gasteiger partial charge on any atom is -0.467 e. The predicted octanol–water partition coefficient (Wildman–Crippen LogP) is 2.27. The van der Waals surface area contributed by atoms with E-state index in [2.05, 4.69) is 10.6 Å². The molecule has 0 aliphatic heterocycles. The Morgan fingerprint density at radius 1 is 1.12 bits per heavy atom. The number of para-hydroxylation sites is 1. The summed E-state index contributed by atoms with van der Waals surface area (Å²) in [4.78, 5) is 35.4. The zero-order valence-corrected chi connectivity index (χ0v) is 13.7. The zero-order valence-electron chi connectivity index (χ0n) is 13.7. The first-order chi connectivity index (χ1) is 12.1. The average molecular weight is 342 g/mol. The third-order valence-corrected chi connectivity index (χ3v) is 3.09. The van der Waals surface area contributed by atoms with Crippen molar-refractivity contribution in [3.63, 3.8) is 0 Å². The third-order valence-electron chi connectivity index (χ3n) is 3.09. The highest BCUT2D eigenvalue weighted by Gasteiger charge is 2.12. The molecule has 25 heavy (non-hydrogen) atoms. The molecule has 0 radical (unpaired) electrons. The number of rotatable bonds is 7. The van der Waals surface area contributed by atoms with Gasteiger partial charge in [0.15, 0.2) is 0 Å². The van der Waals surface area contributed by atoms with Crippen LogP contribution in [0.5, 0.6) is 0 Å². The molecule has 2 N–H and O–H groups in total. The van der Waals surface area contributed by atoms with Gasteiger partial charge in [0.1, 0.15) is 5.76 Å². The van der Waals surface area contributed by atoms with Crippen LogP contribution in [0.1, 0.15) is 23.0 Å². The highest BCUT2D eigenvalue weighted by Crippen LogP contribution is 2.15. The van der Waals surface area contributed by atoms with Gasteiger partial charge in [-0.3, -0.25) is 9.59 Å². The lowest BCUT2D eigenvalue weighted by Crippen LogP contribution is -2.24. The van der Waals surface area contributed by atoms with Gasteiger partial charge < -0.3 is 19.8 Å². The maximum atomic E-state index is 12.3. The smallest absolute Gasteiger partial charge is 0.330 e. The molecule has 0 aliphatic rings. The Labute approximate surface area is 144 Å². The van der Waals surface area contributed by atoms with Crippen LogP contribution in [0.15, 0.2) is 59.2 Å². The number of hydrogen-bond acceptors (Lipinski definition) is 5. The first-order valence-corrected chi connectivity index (χ1v) is 7.65. The lowest BCUT2D eigenvalue weighted by molar-refractivity contribution is -0.137. The van der Waals surface area contributed by atoms with Crippen LogP contribution in [-0.4, -0.2) is 24.4 Å². The van der Waals surface area contributed by atoms with E-state index in [1.165, 1.54) is 6.26 Å². The Morgan fingerprint density at radius 2 is 1.92 bits per heavy atom. The van der Waals surface area contributed by atoms with E-state index in [0.717, 1.165) is 12.2 Å². The average Bonchev–Trinajstić information content (AvgIpc) is 3.12. The van der Waals surface area contributed by atoms with Gasteiger partial charge in [-0.05, 0) is 31.2 Å². The lowest BCUT2D eigenvalue weighted by Gasteiger charge is -2.09. The van der Waals surface area contributed by atoms with Gasteiger partial charge in [0.25, 0.3) is 5.91 Å². The molecule has 0 aliphatic carbocycles. The van der Waals surface area contributed by atoms with E-state index < -0.39 is 11.9 Å². The number of amides is 2. The maximum Gasteiger partial charge on any atom is 0.330 e. The van der Waals surface area contributed by atoms with Crippen LogP contribution in [0.25, 0.3) is 0 Å². The summed E-state index contributed by atoms with van der Waals surface area (Å²) in [5.74, 6) is -0.893. The summed E-state index contributed by atoms with van der Waals surface area (Å²) in [6, 6.07) is 10.0. The van der Waals surface area contributed by atoms with Crippen molar-refractivity contribution in [3.05, 3.63) is 66.1 Å². The largest absolute Gasteiger partial charge is 0.467 e. The second-order valence-corrected chi connectivity index (χ2v) is 4.88. The molecule has 7 nitrogen and oxygen atoms in total. The molecular formula is C18H18N2O5. The van der Waals surface area contributed by atoms with E-state index >= 15 is 0 Å². The first-order valence-electron chi connectivity index (χ1n) is 7.65. The Hall–Kier alpha value is -3.35. The minimum atomic E-state index is -0.609. The van der Waals surface area contributed by atoms with Gasteiger partial charge in [-0.2, -0.15) is 0 Å². The zero-order chi connectivity index (χ0) is 18.1. The topological polar surface area (TPSA) is 97.6 Å². The van der Waals surface area contributed by atoms with Crippen molar-refractivity contribution in [2.45, 2.75) is 13.5 Å². The molecule has 7 heteroatoms. The van der Waals surface area contributed by atoms with E-state index in [1.807, 2.05) is 0 Å². The van der Waals surface area contributed by atoms with Crippen molar-refractivity contribution in [2.75, 3.05) is 11.9 Å². The van der Waals surface area contributed by atoms with E-state index in [-0.39, 0.29) is 19.1 Å². The number of esters is 1. The van der Waals surface area contributed by atoms with Crippen molar-refractivity contribution in [1.29, 1.82) is 0 Å². The molecule has 1 aromatic carbocycles. The Morgan fingerprint density at radius 3 is 2.64 bits per heavy atom. The van der Waals surface area contributed by atoms with Gasteiger partial charge in [0, 0.05) is 12.2 Å². The van der Waals surface area contributed by atoms with Crippen LogP contribution in [0.2, 0.25) is 0 Å². The van der Waals surface area contributed by atoms with Crippen LogP contribution in [0.4, 0.5) is 5.69 Å². The van der Waals surface area contributed by atoms with Gasteiger partial charge in [-0.15, -0.1) is 0 Å². The SMILES string of the molecule is CCOC(=O)C=CC(=O)Nc1ccccc1C(=O)NCc1ccco1. The van der Waals surface area contributed by atoms with Crippen molar-refractivity contribution >= 4 is 23.5 Å². The number of anilines is 1. The number of hydrogen-bond donors (Lipinski definition) is 2. The number of ether oxygens (including phenoxy) is 1. The Bertz CT molecular complexity index is 766.